The Morgan fingerprint density at radius 3 is 2.67 bits per heavy atom. The second-order valence-corrected chi connectivity index (χ2v) is 6.96. The van der Waals surface area contributed by atoms with Crippen molar-refractivity contribution in [2.24, 2.45) is 0 Å². The van der Waals surface area contributed by atoms with Crippen LogP contribution >= 0.6 is 0 Å². The largest absolute Gasteiger partial charge is 0.487 e. The summed E-state index contributed by atoms with van der Waals surface area (Å²) in [6.45, 7) is 3.15. The first-order valence-electron chi connectivity index (χ1n) is 9.17. The van der Waals surface area contributed by atoms with E-state index in [2.05, 4.69) is 17.3 Å². The lowest BCUT2D eigenvalue weighted by molar-refractivity contribution is 0.0444. The molecule has 1 saturated heterocycles. The molecule has 2 aliphatic rings. The number of benzene rings is 1. The van der Waals surface area contributed by atoms with Gasteiger partial charge in [0, 0.05) is 12.6 Å². The Hall–Kier alpha value is -1.75. The molecule has 0 aromatic heterocycles. The molecule has 0 unspecified atom stereocenters. The molecule has 1 N–H and O–H groups in total. The lowest BCUT2D eigenvalue weighted by Gasteiger charge is -2.38. The summed E-state index contributed by atoms with van der Waals surface area (Å²) >= 11 is 0. The highest BCUT2D eigenvalue weighted by Gasteiger charge is 2.32. The first kappa shape index (κ1) is 17.1. The molecule has 2 fully saturated rings. The van der Waals surface area contributed by atoms with Crippen molar-refractivity contribution in [1.82, 2.24) is 15.1 Å². The van der Waals surface area contributed by atoms with Gasteiger partial charge in [0.25, 0.3) is 0 Å². The first-order chi connectivity index (χ1) is 11.7. The minimum Gasteiger partial charge on any atom is -0.487 e. The predicted octanol–water partition coefficient (Wildman–Crippen LogP) is 2.72. The van der Waals surface area contributed by atoms with Crippen molar-refractivity contribution in [1.29, 1.82) is 0 Å². The molecule has 3 rings (SSSR count). The van der Waals surface area contributed by atoms with Crippen LogP contribution in [0.4, 0.5) is 4.79 Å². The van der Waals surface area contributed by atoms with E-state index in [9.17, 15) is 4.79 Å². The standard InChI is InChI=1S/C19H29N3O2/c1-21(16-8-5-6-9-16)13-7-12-20-19(23)22-14-18(15-22)24-17-10-3-2-4-11-17/h2-4,10-11,16,18H,5-9,12-15H2,1H3,(H,20,23). The number of likely N-dealkylation sites (tertiary alicyclic amines) is 1. The zero-order valence-corrected chi connectivity index (χ0v) is 14.6. The van der Waals surface area contributed by atoms with Gasteiger partial charge in [-0.05, 0) is 45.0 Å². The van der Waals surface area contributed by atoms with E-state index >= 15 is 0 Å². The Labute approximate surface area is 145 Å². The van der Waals surface area contributed by atoms with E-state index in [0.717, 1.165) is 31.3 Å². The molecule has 0 radical (unpaired) electrons. The maximum Gasteiger partial charge on any atom is 0.317 e. The fourth-order valence-electron chi connectivity index (χ4n) is 3.53. The molecule has 0 spiro atoms. The number of ether oxygens (including phenoxy) is 1. The number of hydrogen-bond acceptors (Lipinski definition) is 3. The molecular weight excluding hydrogens is 302 g/mol. The molecule has 1 aliphatic carbocycles. The highest BCUT2D eigenvalue weighted by atomic mass is 16.5. The zero-order chi connectivity index (χ0) is 16.8. The minimum absolute atomic E-state index is 0.0337. The van der Waals surface area contributed by atoms with E-state index in [1.165, 1.54) is 25.7 Å². The predicted molar refractivity (Wildman–Crippen MR) is 95.3 cm³/mol. The molecule has 0 atom stereocenters. The fourth-order valence-corrected chi connectivity index (χ4v) is 3.53. The van der Waals surface area contributed by atoms with Gasteiger partial charge in [-0.25, -0.2) is 4.79 Å². The van der Waals surface area contributed by atoms with Crippen LogP contribution in [0.15, 0.2) is 30.3 Å². The third-order valence-corrected chi connectivity index (χ3v) is 5.09. The summed E-state index contributed by atoms with van der Waals surface area (Å²) in [6, 6.07) is 10.6. The van der Waals surface area contributed by atoms with Gasteiger partial charge in [0.1, 0.15) is 11.9 Å². The molecule has 1 saturated carbocycles. The summed E-state index contributed by atoms with van der Waals surface area (Å²) in [5.74, 6) is 0.873. The van der Waals surface area contributed by atoms with Crippen LogP contribution in [0.1, 0.15) is 32.1 Å². The van der Waals surface area contributed by atoms with Crippen LogP contribution in [0.5, 0.6) is 5.75 Å². The Balaban J connectivity index is 1.26. The quantitative estimate of drug-likeness (QED) is 0.782. The average Bonchev–Trinajstić information content (AvgIpc) is 3.09. The summed E-state index contributed by atoms with van der Waals surface area (Å²) in [7, 11) is 2.21. The van der Waals surface area contributed by atoms with Crippen molar-refractivity contribution < 1.29 is 9.53 Å². The highest BCUT2D eigenvalue weighted by molar-refractivity contribution is 5.75. The molecule has 1 aliphatic heterocycles. The van der Waals surface area contributed by atoms with Crippen molar-refractivity contribution in [3.05, 3.63) is 30.3 Å². The molecule has 1 heterocycles. The summed E-state index contributed by atoms with van der Waals surface area (Å²) in [5.41, 5.74) is 0. The van der Waals surface area contributed by atoms with Crippen LogP contribution in [0, 0.1) is 0 Å². The van der Waals surface area contributed by atoms with Gasteiger partial charge in [-0.15, -0.1) is 0 Å². The number of para-hydroxylation sites is 1. The van der Waals surface area contributed by atoms with Crippen LogP contribution < -0.4 is 10.1 Å². The van der Waals surface area contributed by atoms with Crippen LogP contribution in [-0.4, -0.2) is 61.2 Å². The lowest BCUT2D eigenvalue weighted by Crippen LogP contribution is -2.59. The topological polar surface area (TPSA) is 44.8 Å². The van der Waals surface area contributed by atoms with Crippen molar-refractivity contribution >= 4 is 6.03 Å². The summed E-state index contributed by atoms with van der Waals surface area (Å²) in [4.78, 5) is 16.3. The van der Waals surface area contributed by atoms with Gasteiger partial charge in [0.05, 0.1) is 13.1 Å². The zero-order valence-electron chi connectivity index (χ0n) is 14.6. The van der Waals surface area contributed by atoms with Crippen LogP contribution in [0.3, 0.4) is 0 Å². The first-order valence-corrected chi connectivity index (χ1v) is 9.17. The van der Waals surface area contributed by atoms with E-state index in [4.69, 9.17) is 4.74 Å². The third-order valence-electron chi connectivity index (χ3n) is 5.09. The van der Waals surface area contributed by atoms with Gasteiger partial charge in [-0.2, -0.15) is 0 Å². The number of amides is 2. The second-order valence-electron chi connectivity index (χ2n) is 6.96. The van der Waals surface area contributed by atoms with Crippen molar-refractivity contribution in [2.75, 3.05) is 33.2 Å². The Bertz CT molecular complexity index is 511. The minimum atomic E-state index is 0.0337. The Morgan fingerprint density at radius 2 is 1.96 bits per heavy atom. The van der Waals surface area contributed by atoms with E-state index in [1.54, 1.807) is 0 Å². The molecule has 5 heteroatoms. The normalized spacial score (nSPS) is 18.7. The molecule has 2 amide bonds. The number of carbonyl (C=O) groups is 1. The lowest BCUT2D eigenvalue weighted by atomic mass is 10.2. The maximum atomic E-state index is 12.1. The van der Waals surface area contributed by atoms with Crippen molar-refractivity contribution in [2.45, 2.75) is 44.2 Å². The molecular formula is C19H29N3O2. The average molecular weight is 331 g/mol. The molecule has 1 aromatic carbocycles. The van der Waals surface area contributed by atoms with Crippen LogP contribution in [0.25, 0.3) is 0 Å². The molecule has 0 bridgehead atoms. The molecule has 5 nitrogen and oxygen atoms in total. The van der Waals surface area contributed by atoms with E-state index in [1.807, 2.05) is 35.2 Å². The van der Waals surface area contributed by atoms with E-state index in [-0.39, 0.29) is 12.1 Å². The van der Waals surface area contributed by atoms with Gasteiger partial charge in [0.2, 0.25) is 0 Å². The molecule has 24 heavy (non-hydrogen) atoms. The second kappa shape index (κ2) is 8.38. The smallest absolute Gasteiger partial charge is 0.317 e. The van der Waals surface area contributed by atoms with Gasteiger partial charge in [0.15, 0.2) is 0 Å². The highest BCUT2D eigenvalue weighted by Crippen LogP contribution is 2.22. The number of carbonyl (C=O) groups excluding carboxylic acids is 1. The molecule has 1 aromatic rings. The van der Waals surface area contributed by atoms with Gasteiger partial charge >= 0.3 is 6.03 Å². The number of nitrogens with zero attached hydrogens (tertiary/aromatic N) is 2. The summed E-state index contributed by atoms with van der Waals surface area (Å²) in [5, 5.41) is 3.02. The number of hydrogen-bond donors (Lipinski definition) is 1. The van der Waals surface area contributed by atoms with Crippen molar-refractivity contribution in [3.63, 3.8) is 0 Å². The number of rotatable bonds is 7. The number of nitrogens with one attached hydrogen (secondary N) is 1. The monoisotopic (exact) mass is 331 g/mol. The van der Waals surface area contributed by atoms with Crippen LogP contribution in [0.2, 0.25) is 0 Å². The van der Waals surface area contributed by atoms with E-state index < -0.39 is 0 Å². The number of urea groups is 1. The summed E-state index contributed by atoms with van der Waals surface area (Å²) in [6.07, 6.45) is 6.53. The van der Waals surface area contributed by atoms with Gasteiger partial charge in [-0.1, -0.05) is 31.0 Å². The maximum absolute atomic E-state index is 12.1. The van der Waals surface area contributed by atoms with Crippen LogP contribution in [-0.2, 0) is 0 Å². The van der Waals surface area contributed by atoms with Gasteiger partial charge in [-0.3, -0.25) is 0 Å². The van der Waals surface area contributed by atoms with E-state index in [0.29, 0.717) is 13.1 Å². The third kappa shape index (κ3) is 4.63. The Kier molecular flexibility index (Phi) is 5.96. The van der Waals surface area contributed by atoms with Gasteiger partial charge < -0.3 is 19.9 Å². The van der Waals surface area contributed by atoms with Crippen molar-refractivity contribution in [3.8, 4) is 5.75 Å². The Morgan fingerprint density at radius 1 is 1.25 bits per heavy atom. The fraction of sp³-hybridized carbons (Fsp3) is 0.632. The SMILES string of the molecule is CN(CCCNC(=O)N1CC(Oc2ccccc2)C1)C1CCCC1. The summed E-state index contributed by atoms with van der Waals surface area (Å²) < 4.78 is 5.82. The molecule has 132 valence electrons.